The Morgan fingerprint density at radius 1 is 1.24 bits per heavy atom. The molecule has 156 valence electrons. The Bertz CT molecular complexity index is 780. The monoisotopic (exact) mass is 398 g/mol. The van der Waals surface area contributed by atoms with Crippen molar-refractivity contribution in [3.8, 4) is 5.88 Å². The third-order valence-electron chi connectivity index (χ3n) is 5.63. The topological polar surface area (TPSA) is 79.0 Å². The van der Waals surface area contributed by atoms with Crippen molar-refractivity contribution >= 4 is 5.96 Å². The molecule has 0 atom stereocenters. The van der Waals surface area contributed by atoms with Gasteiger partial charge in [-0.25, -0.2) is 4.98 Å². The summed E-state index contributed by atoms with van der Waals surface area (Å²) < 4.78 is 11.1. The molecule has 8 nitrogen and oxygen atoms in total. The van der Waals surface area contributed by atoms with Gasteiger partial charge in [-0.1, -0.05) is 11.2 Å². The van der Waals surface area contributed by atoms with Crippen molar-refractivity contribution < 1.29 is 9.26 Å². The van der Waals surface area contributed by atoms with Crippen molar-refractivity contribution in [2.24, 2.45) is 4.99 Å². The van der Waals surface area contributed by atoms with Crippen LogP contribution in [0.4, 0.5) is 0 Å². The number of pyridine rings is 1. The Morgan fingerprint density at radius 2 is 2.07 bits per heavy atom. The molecule has 29 heavy (non-hydrogen) atoms. The lowest BCUT2D eigenvalue weighted by atomic mass is 10.2. The van der Waals surface area contributed by atoms with Crippen molar-refractivity contribution in [3.05, 3.63) is 41.9 Å². The van der Waals surface area contributed by atoms with Gasteiger partial charge < -0.3 is 19.5 Å². The molecular formula is C21H30N6O2. The van der Waals surface area contributed by atoms with Crippen LogP contribution < -0.4 is 10.1 Å². The minimum absolute atomic E-state index is 0.306. The van der Waals surface area contributed by atoms with E-state index in [1.54, 1.807) is 12.5 Å². The van der Waals surface area contributed by atoms with E-state index in [1.807, 2.05) is 19.2 Å². The van der Waals surface area contributed by atoms with E-state index in [1.165, 1.54) is 12.8 Å². The van der Waals surface area contributed by atoms with Gasteiger partial charge in [-0.15, -0.1) is 0 Å². The molecule has 2 aromatic heterocycles. The van der Waals surface area contributed by atoms with Crippen molar-refractivity contribution in [1.82, 2.24) is 25.3 Å². The number of nitrogens with zero attached hydrogens (tertiary/aromatic N) is 5. The molecular weight excluding hydrogens is 368 g/mol. The highest BCUT2D eigenvalue weighted by Gasteiger charge is 2.21. The Morgan fingerprint density at radius 3 is 2.79 bits per heavy atom. The summed E-state index contributed by atoms with van der Waals surface area (Å²) in [5.41, 5.74) is 2.05. The predicted molar refractivity (Wildman–Crippen MR) is 111 cm³/mol. The lowest BCUT2D eigenvalue weighted by molar-refractivity contribution is 0.169. The van der Waals surface area contributed by atoms with Gasteiger partial charge in [0, 0.05) is 64.1 Å². The van der Waals surface area contributed by atoms with E-state index in [4.69, 9.17) is 9.26 Å². The van der Waals surface area contributed by atoms with Gasteiger partial charge in [0.1, 0.15) is 12.4 Å². The van der Waals surface area contributed by atoms with Gasteiger partial charge in [0.25, 0.3) is 0 Å². The molecule has 8 heteroatoms. The Kier molecular flexibility index (Phi) is 6.61. The van der Waals surface area contributed by atoms with Crippen LogP contribution in [0, 0.1) is 0 Å². The van der Waals surface area contributed by atoms with E-state index in [-0.39, 0.29) is 0 Å². The van der Waals surface area contributed by atoms with Gasteiger partial charge in [0.2, 0.25) is 5.88 Å². The van der Waals surface area contributed by atoms with Crippen LogP contribution in [0.2, 0.25) is 0 Å². The van der Waals surface area contributed by atoms with E-state index in [9.17, 15) is 0 Å². The first-order valence-corrected chi connectivity index (χ1v) is 10.5. The summed E-state index contributed by atoms with van der Waals surface area (Å²) in [5.74, 6) is 1.67. The van der Waals surface area contributed by atoms with Crippen LogP contribution in [0.1, 0.15) is 36.9 Å². The first-order valence-electron chi connectivity index (χ1n) is 10.5. The zero-order valence-electron chi connectivity index (χ0n) is 17.1. The van der Waals surface area contributed by atoms with Crippen LogP contribution in [0.5, 0.6) is 5.88 Å². The Balaban J connectivity index is 1.29. The number of aliphatic imine (C=N–C) groups is 1. The standard InChI is InChI=1S/C21H30N6O2/c1-22-21(27-12-10-26(11-13-27)16-18-8-14-28-25-18)24-15-17-5-4-9-23-20(17)29-19-6-2-3-7-19/h4-5,8-9,14,19H,2-3,6-7,10-13,15-16H2,1H3,(H,22,24). The van der Waals surface area contributed by atoms with Crippen molar-refractivity contribution in [2.75, 3.05) is 33.2 Å². The fourth-order valence-electron chi connectivity index (χ4n) is 4.00. The summed E-state index contributed by atoms with van der Waals surface area (Å²) in [6, 6.07) is 5.96. The molecule has 0 spiro atoms. The molecule has 4 rings (SSSR count). The van der Waals surface area contributed by atoms with Crippen molar-refractivity contribution in [2.45, 2.75) is 44.9 Å². The van der Waals surface area contributed by atoms with Gasteiger partial charge in [0.15, 0.2) is 5.96 Å². The van der Waals surface area contributed by atoms with E-state index in [0.29, 0.717) is 12.6 Å². The number of aromatic nitrogens is 2. The van der Waals surface area contributed by atoms with Crippen molar-refractivity contribution in [1.29, 1.82) is 0 Å². The molecule has 3 heterocycles. The van der Waals surface area contributed by atoms with Gasteiger partial charge in [0.05, 0.1) is 5.69 Å². The second kappa shape index (κ2) is 9.73. The lowest BCUT2D eigenvalue weighted by Crippen LogP contribution is -2.52. The highest BCUT2D eigenvalue weighted by molar-refractivity contribution is 5.80. The average Bonchev–Trinajstić information content (AvgIpc) is 3.45. The fourth-order valence-corrected chi connectivity index (χ4v) is 4.00. The maximum Gasteiger partial charge on any atom is 0.218 e. The van der Waals surface area contributed by atoms with E-state index >= 15 is 0 Å². The Hall–Kier alpha value is -2.61. The quantitative estimate of drug-likeness (QED) is 0.591. The second-order valence-corrected chi connectivity index (χ2v) is 7.65. The molecule has 2 aromatic rings. The number of nitrogens with one attached hydrogen (secondary N) is 1. The molecule has 0 amide bonds. The first-order chi connectivity index (χ1) is 14.3. The number of hydrogen-bond donors (Lipinski definition) is 1. The molecule has 1 saturated carbocycles. The number of rotatable bonds is 6. The minimum atomic E-state index is 0.306. The molecule has 0 bridgehead atoms. The van der Waals surface area contributed by atoms with E-state index in [2.05, 4.69) is 36.3 Å². The third kappa shape index (κ3) is 5.26. The number of hydrogen-bond acceptors (Lipinski definition) is 6. The zero-order chi connectivity index (χ0) is 19.9. The SMILES string of the molecule is CN=C(NCc1cccnc1OC1CCCC1)N1CCN(Cc2ccon2)CC1. The summed E-state index contributed by atoms with van der Waals surface area (Å²) in [6.07, 6.45) is 8.49. The fraction of sp³-hybridized carbons (Fsp3) is 0.571. The van der Waals surface area contributed by atoms with Gasteiger partial charge in [-0.2, -0.15) is 0 Å². The van der Waals surface area contributed by atoms with Crippen LogP contribution in [0.25, 0.3) is 0 Å². The molecule has 2 aliphatic rings. The van der Waals surface area contributed by atoms with Crippen LogP contribution >= 0.6 is 0 Å². The van der Waals surface area contributed by atoms with Crippen LogP contribution in [-0.2, 0) is 13.1 Å². The summed E-state index contributed by atoms with van der Waals surface area (Å²) >= 11 is 0. The summed E-state index contributed by atoms with van der Waals surface area (Å²) in [5, 5.41) is 7.50. The largest absolute Gasteiger partial charge is 0.474 e. The number of ether oxygens (including phenoxy) is 1. The van der Waals surface area contributed by atoms with Crippen LogP contribution in [0.3, 0.4) is 0 Å². The summed E-state index contributed by atoms with van der Waals surface area (Å²) in [6.45, 7) is 5.27. The van der Waals surface area contributed by atoms with E-state index in [0.717, 1.165) is 68.7 Å². The molecule has 0 radical (unpaired) electrons. The van der Waals surface area contributed by atoms with Gasteiger partial charge >= 0.3 is 0 Å². The smallest absolute Gasteiger partial charge is 0.218 e. The number of piperazine rings is 1. The highest BCUT2D eigenvalue weighted by atomic mass is 16.5. The van der Waals surface area contributed by atoms with Gasteiger partial charge in [-0.05, 0) is 31.7 Å². The second-order valence-electron chi connectivity index (χ2n) is 7.65. The highest BCUT2D eigenvalue weighted by Crippen LogP contribution is 2.25. The molecule has 1 aliphatic carbocycles. The van der Waals surface area contributed by atoms with Gasteiger partial charge in [-0.3, -0.25) is 9.89 Å². The third-order valence-corrected chi connectivity index (χ3v) is 5.63. The molecule has 0 unspecified atom stereocenters. The number of guanidine groups is 1. The predicted octanol–water partition coefficient (Wildman–Crippen LogP) is 2.28. The molecule has 1 saturated heterocycles. The molecule has 0 aromatic carbocycles. The summed E-state index contributed by atoms with van der Waals surface area (Å²) in [4.78, 5) is 13.6. The Labute approximate surface area is 171 Å². The normalized spacial score (nSPS) is 18.9. The summed E-state index contributed by atoms with van der Waals surface area (Å²) in [7, 11) is 1.84. The van der Waals surface area contributed by atoms with Crippen LogP contribution in [0.15, 0.2) is 40.2 Å². The molecule has 2 fully saturated rings. The average molecular weight is 399 g/mol. The maximum atomic E-state index is 6.16. The van der Waals surface area contributed by atoms with Crippen molar-refractivity contribution in [3.63, 3.8) is 0 Å². The molecule has 1 aliphatic heterocycles. The van der Waals surface area contributed by atoms with E-state index < -0.39 is 0 Å². The van der Waals surface area contributed by atoms with Crippen LogP contribution in [-0.4, -0.2) is 65.2 Å². The first kappa shape index (κ1) is 19.7. The minimum Gasteiger partial charge on any atom is -0.474 e. The zero-order valence-corrected chi connectivity index (χ0v) is 17.1. The molecule has 1 N–H and O–H groups in total. The maximum absolute atomic E-state index is 6.16. The lowest BCUT2D eigenvalue weighted by Gasteiger charge is -2.36.